The van der Waals surface area contributed by atoms with Crippen molar-refractivity contribution in [2.24, 2.45) is 11.8 Å². The Morgan fingerprint density at radius 1 is 0.908 bits per heavy atom. The highest BCUT2D eigenvalue weighted by Crippen LogP contribution is 2.33. The van der Waals surface area contributed by atoms with Crippen LogP contribution in [0, 0.1) is 22.0 Å². The Morgan fingerprint density at radius 2 is 1.63 bits per heavy atom. The second-order valence-electron chi connectivity index (χ2n) is 18.5. The first-order chi connectivity index (χ1) is 36.3. The lowest BCUT2D eigenvalue weighted by atomic mass is 9.93. The van der Waals surface area contributed by atoms with Crippen molar-refractivity contribution in [3.8, 4) is 0 Å². The number of nitrogens with one attached hydrogen (secondary N) is 9. The Bertz CT molecular complexity index is 2650. The summed E-state index contributed by atoms with van der Waals surface area (Å²) in [6.07, 6.45) is -2.36. The van der Waals surface area contributed by atoms with E-state index >= 15 is 0 Å². The van der Waals surface area contributed by atoms with Crippen molar-refractivity contribution in [1.82, 2.24) is 57.4 Å². The maximum absolute atomic E-state index is 14.8. The number of aliphatic hydroxyl groups is 3. The van der Waals surface area contributed by atoms with Crippen molar-refractivity contribution in [2.75, 3.05) is 44.3 Å². The molecule has 10 atom stereocenters. The summed E-state index contributed by atoms with van der Waals surface area (Å²) in [7, 11) is 2.63. The monoisotopic (exact) mass is 1110 g/mol. The fraction of sp³-hybridized carbons (Fsp3) is 0.532. The molecule has 0 saturated carbocycles. The molecule has 0 aliphatic carbocycles. The van der Waals surface area contributed by atoms with Crippen LogP contribution in [0.3, 0.4) is 0 Å². The van der Waals surface area contributed by atoms with E-state index < -0.39 is 151 Å². The third kappa shape index (κ3) is 15.5. The summed E-state index contributed by atoms with van der Waals surface area (Å²) in [5, 5.41) is 65.0. The van der Waals surface area contributed by atoms with E-state index in [2.05, 4.69) is 52.5 Å². The number of para-hydroxylation sites is 1. The molecule has 0 radical (unpaired) electrons. The van der Waals surface area contributed by atoms with E-state index in [0.717, 1.165) is 22.9 Å². The van der Waals surface area contributed by atoms with Crippen molar-refractivity contribution in [2.45, 2.75) is 111 Å². The largest absolute Gasteiger partial charge is 0.394 e. The molecule has 4 unspecified atom stereocenters. The van der Waals surface area contributed by atoms with Crippen molar-refractivity contribution in [3.05, 3.63) is 58.3 Å². The summed E-state index contributed by atoms with van der Waals surface area (Å²) in [4.78, 5) is 146. The number of nitro groups is 1. The topological polar surface area (TPSA) is 386 Å². The van der Waals surface area contributed by atoms with Gasteiger partial charge in [0.2, 0.25) is 53.2 Å². The fourth-order valence-corrected chi connectivity index (χ4v) is 11.6. The normalized spacial score (nSPS) is 24.8. The van der Waals surface area contributed by atoms with Gasteiger partial charge in [-0.25, -0.2) is 4.98 Å². The van der Waals surface area contributed by atoms with Gasteiger partial charge in [0, 0.05) is 60.3 Å². The van der Waals surface area contributed by atoms with Gasteiger partial charge in [-0.15, -0.1) is 11.8 Å². The number of aromatic amines is 1. The van der Waals surface area contributed by atoms with Crippen LogP contribution < -0.4 is 42.5 Å². The zero-order valence-electron chi connectivity index (χ0n) is 41.7. The predicted molar refractivity (Wildman–Crippen MR) is 278 cm³/mol. The number of aliphatic hydroxyl groups excluding tert-OH is 3. The number of fused-ring (bicyclic) bond motifs is 5. The molecule has 26 nitrogen and oxygen atoms in total. The Morgan fingerprint density at radius 3 is 2.33 bits per heavy atom. The molecule has 5 heterocycles. The van der Waals surface area contributed by atoms with Crippen LogP contribution in [0.2, 0.25) is 0 Å². The molecule has 2 aromatic heterocycles. The molecule has 9 amide bonds. The number of H-pyrrole nitrogens is 1. The van der Waals surface area contributed by atoms with Crippen molar-refractivity contribution in [3.63, 3.8) is 0 Å². The van der Waals surface area contributed by atoms with Crippen LogP contribution in [0.4, 0.5) is 5.69 Å². The van der Waals surface area contributed by atoms with E-state index in [9.17, 15) is 68.6 Å². The van der Waals surface area contributed by atoms with E-state index in [1.165, 1.54) is 40.6 Å². The fourth-order valence-electron chi connectivity index (χ4n) is 8.57. The first-order valence-corrected chi connectivity index (χ1v) is 27.8. The van der Waals surface area contributed by atoms with E-state index in [4.69, 9.17) is 0 Å². The van der Waals surface area contributed by atoms with E-state index in [1.54, 1.807) is 38.1 Å². The number of thioether (sulfide) groups is 1. The summed E-state index contributed by atoms with van der Waals surface area (Å²) < 4.78 is 0. The number of hydrogen-bond acceptors (Lipinski definition) is 18. The number of rotatable bonds is 14. The highest BCUT2D eigenvalue weighted by Gasteiger charge is 2.45. The lowest BCUT2D eigenvalue weighted by Crippen LogP contribution is -2.62. The molecule has 29 heteroatoms. The molecule has 12 N–H and O–H groups in total. The van der Waals surface area contributed by atoms with Gasteiger partial charge in [-0.3, -0.25) is 53.3 Å². The first kappa shape index (κ1) is 58.7. The second-order valence-corrected chi connectivity index (χ2v) is 22.0. The molecule has 6 rings (SSSR count). The summed E-state index contributed by atoms with van der Waals surface area (Å²) in [5.74, 6) is -9.53. The van der Waals surface area contributed by atoms with Crippen LogP contribution in [0.25, 0.3) is 10.9 Å². The van der Waals surface area contributed by atoms with Crippen LogP contribution in [0.5, 0.6) is 0 Å². The summed E-state index contributed by atoms with van der Waals surface area (Å²) >= 11 is 1.02. The van der Waals surface area contributed by atoms with Crippen molar-refractivity contribution in [1.29, 1.82) is 0 Å². The zero-order chi connectivity index (χ0) is 55.2. The van der Waals surface area contributed by atoms with Crippen molar-refractivity contribution >= 4 is 103 Å². The van der Waals surface area contributed by atoms with E-state index in [1.807, 2.05) is 0 Å². The van der Waals surface area contributed by atoms with Gasteiger partial charge in [-0.1, -0.05) is 56.2 Å². The van der Waals surface area contributed by atoms with Crippen LogP contribution in [-0.4, -0.2) is 181 Å². The third-order valence-corrected chi connectivity index (χ3v) is 16.6. The van der Waals surface area contributed by atoms with E-state index in [0.29, 0.717) is 45.1 Å². The standard InChI is InChI=1S/C47H62N12O14S3/c1-4-23(2)39-44(69)51-18-36(64)52-32-22-74-46-28(27-8-5-6-9-29(27)55-46)15-30(41(66)50-19-37(65)56-39)53-45(70)40(24(3)34(62)21-60)57-43(68)33-14-26(61)20-58(33)47(71)31(54-42(32)67)16-35(63)48-12-7-13-75-76-38-11-10-25(17-49-38)59(72)73/h5-6,8-11,17,23-24,26,30-34,39-40,55,60-62H,4,7,12-16,18-22H2,1-3H3,(H,48,63)(H,50,66)(H,51,69)(H,52,64)(H,53,70)(H,54,67)(H,56,65)(H,57,68)/t23-,24-,26?,30?,31-,32?,33?,34-,39-,40-/m0/s1. The molecule has 2 bridgehead atoms. The molecular weight excluding hydrogens is 1050 g/mol. The minimum Gasteiger partial charge on any atom is -0.394 e. The molecule has 1 saturated heterocycles. The number of amides is 9. The number of benzene rings is 1. The van der Waals surface area contributed by atoms with Crippen LogP contribution in [-0.2, 0) is 49.6 Å². The molecule has 0 spiro atoms. The van der Waals surface area contributed by atoms with Gasteiger partial charge < -0.3 is 67.7 Å². The lowest BCUT2D eigenvalue weighted by molar-refractivity contribution is -0.385. The molecule has 76 heavy (non-hydrogen) atoms. The van der Waals surface area contributed by atoms with E-state index in [-0.39, 0.29) is 30.8 Å². The van der Waals surface area contributed by atoms with Crippen LogP contribution in [0.15, 0.2) is 52.6 Å². The number of aromatic nitrogens is 2. The summed E-state index contributed by atoms with van der Waals surface area (Å²) in [5.41, 5.74) is 0.840. The van der Waals surface area contributed by atoms with Crippen LogP contribution in [0.1, 0.15) is 52.0 Å². The number of carbonyl (C=O) groups is 9. The predicted octanol–water partition coefficient (Wildman–Crippen LogP) is -1.88. The molecular formula is C47H62N12O14S3. The molecule has 3 aromatic rings. The maximum Gasteiger partial charge on any atom is 0.287 e. The Hall–Kier alpha value is -6.53. The maximum atomic E-state index is 14.8. The van der Waals surface area contributed by atoms with Gasteiger partial charge in [0.15, 0.2) is 0 Å². The average Bonchev–Trinajstić information content (AvgIpc) is 3.98. The molecule has 3 aliphatic heterocycles. The SMILES string of the molecule is CC[C@H](C)[C@@H]1NC(=O)CNC(=O)C2Cc3c([nH]c4ccccc34)SCC(NC(=O)CNC1=O)C(=O)N[C@@H](CC(=O)NCCCSSc1ccc([N+](=O)[O-])cn1)C(=O)N1CC(O)CC1C(=O)N[C@@H]([C@@H](C)[C@@H](O)CO)C(=O)N2. The minimum absolute atomic E-state index is 0.0989. The smallest absolute Gasteiger partial charge is 0.287 e. The quantitative estimate of drug-likeness (QED) is 0.0364. The Balaban J connectivity index is 1.38. The Kier molecular flexibility index (Phi) is 21.2. The van der Waals surface area contributed by atoms with Gasteiger partial charge >= 0.3 is 0 Å². The average molecular weight is 1120 g/mol. The zero-order valence-corrected chi connectivity index (χ0v) is 44.1. The number of pyridine rings is 1. The highest BCUT2D eigenvalue weighted by molar-refractivity contribution is 8.76. The first-order valence-electron chi connectivity index (χ1n) is 24.5. The number of carbonyl (C=O) groups excluding carboxylic acids is 9. The van der Waals surface area contributed by atoms with Crippen LogP contribution >= 0.6 is 33.3 Å². The molecule has 1 fully saturated rings. The second kappa shape index (κ2) is 27.5. The molecule has 1 aromatic carbocycles. The Labute approximate surface area is 447 Å². The highest BCUT2D eigenvalue weighted by atomic mass is 33.1. The van der Waals surface area contributed by atoms with Gasteiger partial charge in [0.05, 0.1) is 48.3 Å². The summed E-state index contributed by atoms with van der Waals surface area (Å²) in [6, 6.07) is 0.521. The van der Waals surface area contributed by atoms with Gasteiger partial charge in [-0.05, 0) is 40.8 Å². The number of hydrogen-bond donors (Lipinski definition) is 12. The minimum atomic E-state index is -1.74. The third-order valence-electron chi connectivity index (χ3n) is 13.1. The summed E-state index contributed by atoms with van der Waals surface area (Å²) in [6.45, 7) is 2.23. The molecule has 412 valence electrons. The van der Waals surface area contributed by atoms with Crippen molar-refractivity contribution < 1.29 is 63.4 Å². The number of nitrogens with zero attached hydrogens (tertiary/aromatic N) is 3. The lowest BCUT2D eigenvalue weighted by Gasteiger charge is -2.33. The van der Waals surface area contributed by atoms with Gasteiger partial charge in [-0.2, -0.15) is 0 Å². The van der Waals surface area contributed by atoms with Gasteiger partial charge in [0.1, 0.15) is 47.5 Å². The van der Waals surface area contributed by atoms with Gasteiger partial charge in [0.25, 0.3) is 5.69 Å². The molecule has 3 aliphatic rings.